The van der Waals surface area contributed by atoms with Crippen LogP contribution in [0.2, 0.25) is 0 Å². The topological polar surface area (TPSA) is 71.6 Å². The molecule has 1 fully saturated rings. The number of methoxy groups -OCH3 is 1. The van der Waals surface area contributed by atoms with Crippen molar-refractivity contribution in [2.45, 2.75) is 25.3 Å². The summed E-state index contributed by atoms with van der Waals surface area (Å²) in [4.78, 5) is 7.93. The molecule has 3 N–H and O–H groups in total. The van der Waals surface area contributed by atoms with Crippen LogP contribution in [0, 0.1) is 23.7 Å². The smallest absolute Gasteiger partial charge is 0.119 e. The average Bonchev–Trinajstić information content (AvgIpc) is 3.35. The molecule has 0 aliphatic carbocycles. The van der Waals surface area contributed by atoms with Gasteiger partial charge in [0.25, 0.3) is 0 Å². The summed E-state index contributed by atoms with van der Waals surface area (Å²) in [6.07, 6.45) is 4.80. The number of fused-ring (bicyclic) bond motifs is 1. The van der Waals surface area contributed by atoms with E-state index in [9.17, 15) is 5.11 Å². The van der Waals surface area contributed by atoms with Crippen LogP contribution in [-0.4, -0.2) is 48.3 Å². The lowest BCUT2D eigenvalue weighted by Crippen LogP contribution is -2.42. The van der Waals surface area contributed by atoms with E-state index in [0.717, 1.165) is 66.0 Å². The monoisotopic (exact) mass is 449 g/mol. The molecule has 0 bridgehead atoms. The van der Waals surface area contributed by atoms with Gasteiger partial charge in [-0.25, -0.2) is 0 Å². The number of pyridine rings is 1. The fraction of sp³-hybridized carbons (Fsp3) is 0.423. The van der Waals surface area contributed by atoms with Gasteiger partial charge in [-0.1, -0.05) is 17.9 Å². The van der Waals surface area contributed by atoms with Gasteiger partial charge in [0.1, 0.15) is 5.75 Å². The first-order valence-corrected chi connectivity index (χ1v) is 12.1. The Bertz CT molecular complexity index is 1070. The molecule has 1 aliphatic rings. The van der Waals surface area contributed by atoms with Crippen LogP contribution in [0.1, 0.15) is 35.7 Å². The van der Waals surface area contributed by atoms with Crippen LogP contribution >= 0.6 is 11.3 Å². The molecular formula is C26H31N3O2S. The van der Waals surface area contributed by atoms with E-state index < -0.39 is 0 Å². The van der Waals surface area contributed by atoms with Crippen LogP contribution in [0.5, 0.6) is 5.75 Å². The minimum atomic E-state index is -0.0679. The van der Waals surface area contributed by atoms with Gasteiger partial charge in [-0.15, -0.1) is 11.3 Å². The van der Waals surface area contributed by atoms with Gasteiger partial charge in [-0.05, 0) is 78.9 Å². The molecular weight excluding hydrogens is 418 g/mol. The number of piperidine rings is 1. The number of aliphatic hydroxyl groups is 1. The highest BCUT2D eigenvalue weighted by Crippen LogP contribution is 2.32. The van der Waals surface area contributed by atoms with E-state index in [1.54, 1.807) is 18.4 Å². The van der Waals surface area contributed by atoms with E-state index in [-0.39, 0.29) is 18.6 Å². The molecule has 5 nitrogen and oxygen atoms in total. The van der Waals surface area contributed by atoms with Crippen LogP contribution < -0.4 is 10.5 Å². The summed E-state index contributed by atoms with van der Waals surface area (Å²) < 4.78 is 5.39. The van der Waals surface area contributed by atoms with Gasteiger partial charge in [-0.3, -0.25) is 9.88 Å². The van der Waals surface area contributed by atoms with Crippen molar-refractivity contribution in [2.24, 2.45) is 17.6 Å². The molecule has 32 heavy (non-hydrogen) atoms. The van der Waals surface area contributed by atoms with E-state index in [0.29, 0.717) is 5.92 Å². The summed E-state index contributed by atoms with van der Waals surface area (Å²) in [7, 11) is 1.67. The second-order valence-electron chi connectivity index (χ2n) is 8.47. The van der Waals surface area contributed by atoms with Gasteiger partial charge in [0.2, 0.25) is 0 Å². The SMILES string of the molecule is COc1ccc2nccc([C@@H](N)CC[C@@H]3CCN(CC#Cc4cccs4)C[C@@H]3CO)c2c1. The van der Waals surface area contributed by atoms with E-state index in [1.807, 2.05) is 48.0 Å². The van der Waals surface area contributed by atoms with E-state index >= 15 is 0 Å². The third-order valence-electron chi connectivity index (χ3n) is 6.48. The molecule has 1 aliphatic heterocycles. The molecule has 0 radical (unpaired) electrons. The van der Waals surface area contributed by atoms with Crippen molar-refractivity contribution in [3.8, 4) is 17.6 Å². The number of ether oxygens (including phenoxy) is 1. The van der Waals surface area contributed by atoms with Crippen LogP contribution in [-0.2, 0) is 0 Å². The highest BCUT2D eigenvalue weighted by Gasteiger charge is 2.28. The molecule has 2 aromatic heterocycles. The van der Waals surface area contributed by atoms with Gasteiger partial charge in [0.15, 0.2) is 0 Å². The standard InChI is InChI=1S/C26H31N3O2S/c1-31-21-7-9-26-24(16-21)23(10-12-28-26)25(27)8-6-19-11-14-29(17-20(19)18-30)13-2-4-22-5-3-15-32-22/h3,5,7,9-10,12,15-16,19-20,25,30H,6,8,11,13-14,17-18,27H2,1H3/t19-,20-,25+/m1/s1. The van der Waals surface area contributed by atoms with Crippen LogP contribution in [0.3, 0.4) is 0 Å². The number of hydrogen-bond acceptors (Lipinski definition) is 6. The maximum absolute atomic E-state index is 10.0. The summed E-state index contributed by atoms with van der Waals surface area (Å²) in [5, 5.41) is 13.1. The number of benzene rings is 1. The summed E-state index contributed by atoms with van der Waals surface area (Å²) in [6.45, 7) is 2.88. The summed E-state index contributed by atoms with van der Waals surface area (Å²) in [5.41, 5.74) is 8.68. The Morgan fingerprint density at radius 3 is 3.00 bits per heavy atom. The number of thiophene rings is 1. The summed E-state index contributed by atoms with van der Waals surface area (Å²) in [6, 6.07) is 11.9. The Balaban J connectivity index is 1.35. The zero-order chi connectivity index (χ0) is 22.3. The lowest BCUT2D eigenvalue weighted by molar-refractivity contribution is 0.0738. The van der Waals surface area contributed by atoms with Crippen molar-refractivity contribution in [2.75, 3.05) is 33.4 Å². The molecule has 3 heterocycles. The van der Waals surface area contributed by atoms with Crippen LogP contribution in [0.25, 0.3) is 10.9 Å². The average molecular weight is 450 g/mol. The van der Waals surface area contributed by atoms with Gasteiger partial charge < -0.3 is 15.6 Å². The number of nitrogens with two attached hydrogens (primary N) is 1. The third kappa shape index (κ3) is 5.48. The minimum Gasteiger partial charge on any atom is -0.497 e. The number of nitrogens with zero attached hydrogens (tertiary/aromatic N) is 2. The molecule has 4 rings (SSSR count). The highest BCUT2D eigenvalue weighted by molar-refractivity contribution is 7.10. The van der Waals surface area contributed by atoms with Crippen molar-refractivity contribution in [1.29, 1.82) is 0 Å². The van der Waals surface area contributed by atoms with Gasteiger partial charge in [-0.2, -0.15) is 0 Å². The predicted molar refractivity (Wildman–Crippen MR) is 131 cm³/mol. The summed E-state index contributed by atoms with van der Waals surface area (Å²) in [5.74, 6) is 8.08. The Kier molecular flexibility index (Phi) is 7.77. The first-order chi connectivity index (χ1) is 15.7. The quantitative estimate of drug-likeness (QED) is 0.532. The van der Waals surface area contributed by atoms with Crippen molar-refractivity contribution in [3.05, 3.63) is 58.4 Å². The lowest BCUT2D eigenvalue weighted by Gasteiger charge is -2.37. The molecule has 0 saturated carbocycles. The maximum Gasteiger partial charge on any atom is 0.119 e. The number of rotatable bonds is 7. The fourth-order valence-corrected chi connectivity index (χ4v) is 5.21. The first kappa shape index (κ1) is 22.8. The minimum absolute atomic E-state index is 0.0679. The molecule has 3 atom stereocenters. The van der Waals surface area contributed by atoms with Crippen molar-refractivity contribution in [1.82, 2.24) is 9.88 Å². The molecule has 1 saturated heterocycles. The fourth-order valence-electron chi connectivity index (χ4n) is 4.62. The normalized spacial score (nSPS) is 20.0. The Hall–Kier alpha value is -2.43. The zero-order valence-corrected chi connectivity index (χ0v) is 19.4. The first-order valence-electron chi connectivity index (χ1n) is 11.2. The molecule has 168 valence electrons. The van der Waals surface area contributed by atoms with Gasteiger partial charge >= 0.3 is 0 Å². The van der Waals surface area contributed by atoms with Crippen molar-refractivity contribution >= 4 is 22.2 Å². The molecule has 1 aromatic carbocycles. The van der Waals surface area contributed by atoms with Gasteiger partial charge in [0, 0.05) is 30.8 Å². The largest absolute Gasteiger partial charge is 0.497 e. The van der Waals surface area contributed by atoms with E-state index in [2.05, 4.69) is 21.7 Å². The number of aromatic nitrogens is 1. The second-order valence-corrected chi connectivity index (χ2v) is 9.42. The Labute approximate surface area is 194 Å². The third-order valence-corrected chi connectivity index (χ3v) is 7.26. The van der Waals surface area contributed by atoms with Crippen molar-refractivity contribution in [3.63, 3.8) is 0 Å². The van der Waals surface area contributed by atoms with Gasteiger partial charge in [0.05, 0.1) is 24.0 Å². The van der Waals surface area contributed by atoms with Crippen LogP contribution in [0.4, 0.5) is 0 Å². The number of hydrogen-bond donors (Lipinski definition) is 2. The molecule has 0 unspecified atom stereocenters. The van der Waals surface area contributed by atoms with Crippen molar-refractivity contribution < 1.29 is 9.84 Å². The number of aliphatic hydroxyl groups excluding tert-OH is 1. The predicted octanol–water partition coefficient (Wildman–Crippen LogP) is 4.07. The molecule has 6 heteroatoms. The Morgan fingerprint density at radius 1 is 1.31 bits per heavy atom. The number of likely N-dealkylation sites (tertiary alicyclic amines) is 1. The second kappa shape index (κ2) is 10.9. The lowest BCUT2D eigenvalue weighted by atomic mass is 9.81. The molecule has 0 spiro atoms. The highest BCUT2D eigenvalue weighted by atomic mass is 32.1. The molecule has 0 amide bonds. The zero-order valence-electron chi connectivity index (χ0n) is 18.5. The van der Waals surface area contributed by atoms with E-state index in [4.69, 9.17) is 10.5 Å². The van der Waals surface area contributed by atoms with E-state index in [1.165, 1.54) is 0 Å². The summed E-state index contributed by atoms with van der Waals surface area (Å²) >= 11 is 1.67. The Morgan fingerprint density at radius 2 is 2.22 bits per heavy atom. The van der Waals surface area contributed by atoms with Crippen LogP contribution in [0.15, 0.2) is 48.0 Å². The molecule has 3 aromatic rings. The maximum atomic E-state index is 10.0.